The predicted molar refractivity (Wildman–Crippen MR) is 66.6 cm³/mol. The number of nitrogens with one attached hydrogen (secondary N) is 1. The molecule has 0 aromatic rings. The molecule has 1 saturated carbocycles. The van der Waals surface area contributed by atoms with Crippen LogP contribution in [0.1, 0.15) is 46.0 Å². The monoisotopic (exact) mass is 240 g/mol. The standard InChI is InChI=1S/C13H24N2O2/c1-4-5-12-14-9(2)13(16)15(12)10-6-7-11(8-10)17-3/h9-12,14H,4-8H2,1-3H3. The van der Waals surface area contributed by atoms with Crippen LogP contribution in [0.5, 0.6) is 0 Å². The van der Waals surface area contributed by atoms with Crippen LogP contribution in [0.15, 0.2) is 0 Å². The molecule has 4 atom stereocenters. The molecular formula is C13H24N2O2. The van der Waals surface area contributed by atoms with E-state index >= 15 is 0 Å². The van der Waals surface area contributed by atoms with Gasteiger partial charge in [-0.1, -0.05) is 13.3 Å². The van der Waals surface area contributed by atoms with E-state index in [1.54, 1.807) is 7.11 Å². The lowest BCUT2D eigenvalue weighted by molar-refractivity contribution is -0.132. The lowest BCUT2D eigenvalue weighted by Crippen LogP contribution is -2.43. The van der Waals surface area contributed by atoms with Gasteiger partial charge in [0.25, 0.3) is 0 Å². The van der Waals surface area contributed by atoms with Crippen molar-refractivity contribution in [3.05, 3.63) is 0 Å². The van der Waals surface area contributed by atoms with Crippen molar-refractivity contribution >= 4 is 5.91 Å². The summed E-state index contributed by atoms with van der Waals surface area (Å²) in [6.45, 7) is 4.13. The Kier molecular flexibility index (Phi) is 4.05. The molecule has 0 aromatic carbocycles. The molecule has 0 bridgehead atoms. The molecule has 98 valence electrons. The average molecular weight is 240 g/mol. The first-order valence-electron chi connectivity index (χ1n) is 6.78. The van der Waals surface area contributed by atoms with E-state index in [4.69, 9.17) is 4.74 Å². The third-order valence-electron chi connectivity index (χ3n) is 4.05. The van der Waals surface area contributed by atoms with Crippen LogP contribution in [-0.2, 0) is 9.53 Å². The summed E-state index contributed by atoms with van der Waals surface area (Å²) in [6.07, 6.45) is 5.89. The Morgan fingerprint density at radius 1 is 1.47 bits per heavy atom. The number of carbonyl (C=O) groups excluding carboxylic acids is 1. The molecule has 4 heteroatoms. The Bertz CT molecular complexity index is 283. The van der Waals surface area contributed by atoms with Gasteiger partial charge in [-0.15, -0.1) is 0 Å². The number of hydrogen-bond acceptors (Lipinski definition) is 3. The zero-order valence-electron chi connectivity index (χ0n) is 11.1. The minimum absolute atomic E-state index is 0.0202. The van der Waals surface area contributed by atoms with E-state index in [-0.39, 0.29) is 18.1 Å². The van der Waals surface area contributed by atoms with E-state index in [1.165, 1.54) is 0 Å². The van der Waals surface area contributed by atoms with E-state index < -0.39 is 0 Å². The first kappa shape index (κ1) is 12.8. The molecule has 1 saturated heterocycles. The molecule has 2 rings (SSSR count). The zero-order valence-corrected chi connectivity index (χ0v) is 11.1. The summed E-state index contributed by atoms with van der Waals surface area (Å²) in [5.41, 5.74) is 0. The number of nitrogens with zero attached hydrogens (tertiary/aromatic N) is 1. The van der Waals surface area contributed by atoms with Gasteiger partial charge in [0.05, 0.1) is 18.3 Å². The van der Waals surface area contributed by atoms with Crippen LogP contribution in [-0.4, -0.2) is 42.3 Å². The van der Waals surface area contributed by atoms with E-state index in [0.29, 0.717) is 12.1 Å². The molecule has 0 radical (unpaired) electrons. The smallest absolute Gasteiger partial charge is 0.240 e. The van der Waals surface area contributed by atoms with Gasteiger partial charge >= 0.3 is 0 Å². The minimum Gasteiger partial charge on any atom is -0.381 e. The lowest BCUT2D eigenvalue weighted by Gasteiger charge is -2.30. The van der Waals surface area contributed by atoms with E-state index in [2.05, 4.69) is 17.1 Å². The van der Waals surface area contributed by atoms with Crippen molar-refractivity contribution < 1.29 is 9.53 Å². The Morgan fingerprint density at radius 3 is 2.82 bits per heavy atom. The maximum atomic E-state index is 12.2. The molecule has 4 unspecified atom stereocenters. The predicted octanol–water partition coefficient (Wildman–Crippen LogP) is 1.50. The van der Waals surface area contributed by atoms with Crippen LogP contribution >= 0.6 is 0 Å². The highest BCUT2D eigenvalue weighted by Crippen LogP contribution is 2.30. The van der Waals surface area contributed by atoms with E-state index in [1.807, 2.05) is 6.92 Å². The van der Waals surface area contributed by atoms with Gasteiger partial charge in [0.1, 0.15) is 0 Å². The Hall–Kier alpha value is -0.610. The maximum absolute atomic E-state index is 12.2. The molecule has 1 aliphatic heterocycles. The summed E-state index contributed by atoms with van der Waals surface area (Å²) in [7, 11) is 1.77. The van der Waals surface area contributed by atoms with Crippen molar-refractivity contribution in [1.29, 1.82) is 0 Å². The quantitative estimate of drug-likeness (QED) is 0.809. The summed E-state index contributed by atoms with van der Waals surface area (Å²) in [4.78, 5) is 14.3. The van der Waals surface area contributed by atoms with Crippen molar-refractivity contribution in [2.45, 2.75) is 70.3 Å². The fourth-order valence-corrected chi connectivity index (χ4v) is 3.13. The molecule has 4 nitrogen and oxygen atoms in total. The van der Waals surface area contributed by atoms with Crippen LogP contribution < -0.4 is 5.32 Å². The van der Waals surface area contributed by atoms with Crippen LogP contribution in [0.25, 0.3) is 0 Å². The number of hydrogen-bond donors (Lipinski definition) is 1. The van der Waals surface area contributed by atoms with Crippen LogP contribution in [0.2, 0.25) is 0 Å². The van der Waals surface area contributed by atoms with Crippen molar-refractivity contribution in [3.63, 3.8) is 0 Å². The molecule has 1 aliphatic carbocycles. The highest BCUT2D eigenvalue weighted by molar-refractivity contribution is 5.84. The van der Waals surface area contributed by atoms with Gasteiger partial charge in [-0.05, 0) is 32.6 Å². The Labute approximate surface area is 104 Å². The SMILES string of the molecule is CCCC1NC(C)C(=O)N1C1CCC(OC)C1. The molecule has 0 aromatic heterocycles. The largest absolute Gasteiger partial charge is 0.381 e. The second-order valence-corrected chi connectivity index (χ2v) is 5.26. The molecule has 0 spiro atoms. The number of amides is 1. The second-order valence-electron chi connectivity index (χ2n) is 5.26. The first-order valence-corrected chi connectivity index (χ1v) is 6.78. The highest BCUT2D eigenvalue weighted by atomic mass is 16.5. The topological polar surface area (TPSA) is 41.6 Å². The third-order valence-corrected chi connectivity index (χ3v) is 4.05. The summed E-state index contributed by atoms with van der Waals surface area (Å²) in [5.74, 6) is 0.269. The summed E-state index contributed by atoms with van der Waals surface area (Å²) in [5, 5.41) is 3.40. The first-order chi connectivity index (χ1) is 8.17. The average Bonchev–Trinajstić information content (AvgIpc) is 2.86. The molecule has 2 fully saturated rings. The van der Waals surface area contributed by atoms with Gasteiger partial charge in [0, 0.05) is 13.2 Å². The summed E-state index contributed by atoms with van der Waals surface area (Å²) in [6, 6.07) is 0.356. The number of ether oxygens (including phenoxy) is 1. The molecule has 1 N–H and O–H groups in total. The van der Waals surface area contributed by atoms with Gasteiger partial charge in [0.15, 0.2) is 0 Å². The van der Waals surface area contributed by atoms with Crippen molar-refractivity contribution in [1.82, 2.24) is 10.2 Å². The van der Waals surface area contributed by atoms with Crippen molar-refractivity contribution in [3.8, 4) is 0 Å². The summed E-state index contributed by atoms with van der Waals surface area (Å²) < 4.78 is 5.40. The minimum atomic E-state index is -0.0202. The summed E-state index contributed by atoms with van der Waals surface area (Å²) >= 11 is 0. The molecular weight excluding hydrogens is 216 g/mol. The molecule has 2 aliphatic rings. The maximum Gasteiger partial charge on any atom is 0.240 e. The highest BCUT2D eigenvalue weighted by Gasteiger charge is 2.42. The van der Waals surface area contributed by atoms with Crippen LogP contribution in [0.4, 0.5) is 0 Å². The van der Waals surface area contributed by atoms with Gasteiger partial charge < -0.3 is 9.64 Å². The molecule has 17 heavy (non-hydrogen) atoms. The van der Waals surface area contributed by atoms with Crippen molar-refractivity contribution in [2.75, 3.05) is 7.11 Å². The Morgan fingerprint density at radius 2 is 2.24 bits per heavy atom. The van der Waals surface area contributed by atoms with E-state index in [0.717, 1.165) is 32.1 Å². The second kappa shape index (κ2) is 5.36. The Balaban J connectivity index is 2.04. The van der Waals surface area contributed by atoms with E-state index in [9.17, 15) is 4.79 Å². The number of rotatable bonds is 4. The number of methoxy groups -OCH3 is 1. The zero-order chi connectivity index (χ0) is 12.4. The lowest BCUT2D eigenvalue weighted by atomic mass is 10.1. The molecule has 1 amide bonds. The normalized spacial score (nSPS) is 38.1. The van der Waals surface area contributed by atoms with Gasteiger partial charge in [-0.25, -0.2) is 0 Å². The van der Waals surface area contributed by atoms with Gasteiger partial charge in [-0.2, -0.15) is 0 Å². The molecule has 1 heterocycles. The number of carbonyl (C=O) groups is 1. The fourth-order valence-electron chi connectivity index (χ4n) is 3.13. The fraction of sp³-hybridized carbons (Fsp3) is 0.923. The van der Waals surface area contributed by atoms with Gasteiger partial charge in [-0.3, -0.25) is 10.1 Å². The van der Waals surface area contributed by atoms with Crippen LogP contribution in [0, 0.1) is 0 Å². The van der Waals surface area contributed by atoms with Crippen LogP contribution in [0.3, 0.4) is 0 Å². The third kappa shape index (κ3) is 2.47. The van der Waals surface area contributed by atoms with Crippen molar-refractivity contribution in [2.24, 2.45) is 0 Å². The van der Waals surface area contributed by atoms with Gasteiger partial charge in [0.2, 0.25) is 5.91 Å².